The molecule has 1 aliphatic carbocycles. The predicted molar refractivity (Wildman–Crippen MR) is 108 cm³/mol. The SMILES string of the molecule is C[C@@H]1[C@H](C)CCC[C@H]1NC(=S)Nc1nn(Cc2ccccc2)cc1Cl. The molecule has 4 nitrogen and oxygen atoms in total. The van der Waals surface area contributed by atoms with E-state index >= 15 is 0 Å². The number of nitrogens with zero attached hydrogens (tertiary/aromatic N) is 2. The van der Waals surface area contributed by atoms with Crippen LogP contribution in [0.2, 0.25) is 5.02 Å². The average Bonchev–Trinajstić information content (AvgIpc) is 2.92. The van der Waals surface area contributed by atoms with Crippen molar-refractivity contribution in [1.82, 2.24) is 15.1 Å². The molecule has 6 heteroatoms. The van der Waals surface area contributed by atoms with Gasteiger partial charge in [-0.2, -0.15) is 5.10 Å². The van der Waals surface area contributed by atoms with Crippen LogP contribution < -0.4 is 10.6 Å². The van der Waals surface area contributed by atoms with Crippen LogP contribution in [0.25, 0.3) is 0 Å². The van der Waals surface area contributed by atoms with E-state index in [0.29, 0.717) is 34.5 Å². The zero-order valence-electron chi connectivity index (χ0n) is 14.7. The van der Waals surface area contributed by atoms with Gasteiger partial charge in [0.1, 0.15) is 5.02 Å². The molecule has 3 atom stereocenters. The summed E-state index contributed by atoms with van der Waals surface area (Å²) in [6.07, 6.45) is 5.53. The molecule has 2 aromatic rings. The fourth-order valence-electron chi connectivity index (χ4n) is 3.43. The van der Waals surface area contributed by atoms with Crippen molar-refractivity contribution in [1.29, 1.82) is 0 Å². The van der Waals surface area contributed by atoms with E-state index in [2.05, 4.69) is 41.7 Å². The van der Waals surface area contributed by atoms with Crippen molar-refractivity contribution in [3.05, 3.63) is 47.1 Å². The van der Waals surface area contributed by atoms with E-state index in [0.717, 1.165) is 12.3 Å². The number of halogens is 1. The number of anilines is 1. The monoisotopic (exact) mass is 376 g/mol. The van der Waals surface area contributed by atoms with Gasteiger partial charge in [-0.25, -0.2) is 0 Å². The first-order chi connectivity index (χ1) is 12.0. The van der Waals surface area contributed by atoms with Crippen molar-refractivity contribution in [3.63, 3.8) is 0 Å². The minimum Gasteiger partial charge on any atom is -0.359 e. The first kappa shape index (κ1) is 18.2. The topological polar surface area (TPSA) is 41.9 Å². The second kappa shape index (κ2) is 8.19. The van der Waals surface area contributed by atoms with Crippen molar-refractivity contribution in [2.75, 3.05) is 5.32 Å². The van der Waals surface area contributed by atoms with E-state index in [9.17, 15) is 0 Å². The maximum Gasteiger partial charge on any atom is 0.173 e. The molecule has 1 fully saturated rings. The molecule has 2 N–H and O–H groups in total. The summed E-state index contributed by atoms with van der Waals surface area (Å²) in [5.74, 6) is 1.94. The Morgan fingerprint density at radius 1 is 1.28 bits per heavy atom. The van der Waals surface area contributed by atoms with Crippen LogP contribution in [0.1, 0.15) is 38.7 Å². The van der Waals surface area contributed by atoms with Crippen molar-refractivity contribution in [2.24, 2.45) is 11.8 Å². The number of hydrogen-bond donors (Lipinski definition) is 2. The number of thiocarbonyl (C=S) groups is 1. The maximum atomic E-state index is 6.32. The quantitative estimate of drug-likeness (QED) is 0.759. The van der Waals surface area contributed by atoms with Crippen LogP contribution in [0.15, 0.2) is 36.5 Å². The van der Waals surface area contributed by atoms with Crippen molar-refractivity contribution in [2.45, 2.75) is 45.7 Å². The molecule has 0 bridgehead atoms. The molecule has 25 heavy (non-hydrogen) atoms. The Hall–Kier alpha value is -1.59. The summed E-state index contributed by atoms with van der Waals surface area (Å²) in [6, 6.07) is 10.6. The molecular formula is C19H25ClN4S. The first-order valence-electron chi connectivity index (χ1n) is 8.87. The van der Waals surface area contributed by atoms with Crippen LogP contribution in [0.5, 0.6) is 0 Å². The van der Waals surface area contributed by atoms with Crippen LogP contribution in [0.3, 0.4) is 0 Å². The van der Waals surface area contributed by atoms with E-state index in [1.165, 1.54) is 18.4 Å². The molecule has 0 aliphatic heterocycles. The van der Waals surface area contributed by atoms with Gasteiger partial charge >= 0.3 is 0 Å². The standard InChI is InChI=1S/C19H25ClN4S/c1-13-7-6-10-17(14(13)2)21-19(25)22-18-16(20)12-24(23-18)11-15-8-4-3-5-9-15/h3-5,8-9,12-14,17H,6-7,10-11H2,1-2H3,(H2,21,22,23,25)/t13-,14-,17-/m1/s1. The third-order valence-corrected chi connectivity index (χ3v) is 5.66. The fourth-order valence-corrected chi connectivity index (χ4v) is 3.88. The zero-order valence-corrected chi connectivity index (χ0v) is 16.3. The highest BCUT2D eigenvalue weighted by Crippen LogP contribution is 2.29. The molecule has 0 radical (unpaired) electrons. The number of nitrogens with one attached hydrogen (secondary N) is 2. The van der Waals surface area contributed by atoms with Gasteiger partial charge in [-0.15, -0.1) is 0 Å². The second-order valence-electron chi connectivity index (χ2n) is 6.98. The maximum absolute atomic E-state index is 6.32. The predicted octanol–water partition coefficient (Wildman–Crippen LogP) is 4.70. The van der Waals surface area contributed by atoms with Crippen LogP contribution in [0, 0.1) is 11.8 Å². The van der Waals surface area contributed by atoms with E-state index in [-0.39, 0.29) is 0 Å². The van der Waals surface area contributed by atoms with Crippen molar-refractivity contribution < 1.29 is 0 Å². The highest BCUT2D eigenvalue weighted by atomic mass is 35.5. The first-order valence-corrected chi connectivity index (χ1v) is 9.66. The van der Waals surface area contributed by atoms with Gasteiger partial charge in [0.15, 0.2) is 10.9 Å². The van der Waals surface area contributed by atoms with E-state index in [1.807, 2.05) is 29.1 Å². The summed E-state index contributed by atoms with van der Waals surface area (Å²) in [5, 5.41) is 12.3. The average molecular weight is 377 g/mol. The number of benzene rings is 1. The minimum atomic E-state index is 0.411. The summed E-state index contributed by atoms with van der Waals surface area (Å²) >= 11 is 11.8. The van der Waals surface area contributed by atoms with Crippen molar-refractivity contribution in [3.8, 4) is 0 Å². The molecule has 1 aromatic carbocycles. The fraction of sp³-hybridized carbons (Fsp3) is 0.474. The zero-order chi connectivity index (χ0) is 17.8. The van der Waals surface area contributed by atoms with E-state index in [1.54, 1.807) is 0 Å². The van der Waals surface area contributed by atoms with Crippen LogP contribution in [-0.4, -0.2) is 20.9 Å². The Kier molecular flexibility index (Phi) is 5.97. The molecule has 0 spiro atoms. The molecule has 134 valence electrons. The van der Waals surface area contributed by atoms with Gasteiger partial charge < -0.3 is 10.6 Å². The lowest BCUT2D eigenvalue weighted by molar-refractivity contribution is 0.225. The lowest BCUT2D eigenvalue weighted by Crippen LogP contribution is -2.45. The summed E-state index contributed by atoms with van der Waals surface area (Å²) in [7, 11) is 0. The van der Waals surface area contributed by atoms with Gasteiger partial charge in [-0.1, -0.05) is 68.6 Å². The summed E-state index contributed by atoms with van der Waals surface area (Å²) < 4.78 is 1.83. The minimum absolute atomic E-state index is 0.411. The largest absolute Gasteiger partial charge is 0.359 e. The second-order valence-corrected chi connectivity index (χ2v) is 7.80. The number of aromatic nitrogens is 2. The summed E-state index contributed by atoms with van der Waals surface area (Å²) in [4.78, 5) is 0. The van der Waals surface area contributed by atoms with Gasteiger partial charge in [0.25, 0.3) is 0 Å². The highest BCUT2D eigenvalue weighted by Gasteiger charge is 2.27. The van der Waals surface area contributed by atoms with E-state index < -0.39 is 0 Å². The van der Waals surface area contributed by atoms with Crippen LogP contribution >= 0.6 is 23.8 Å². The smallest absolute Gasteiger partial charge is 0.173 e. The van der Waals surface area contributed by atoms with Crippen molar-refractivity contribution >= 4 is 34.7 Å². The Labute approximate surface area is 160 Å². The number of hydrogen-bond acceptors (Lipinski definition) is 2. The molecule has 1 aliphatic rings. The lowest BCUT2D eigenvalue weighted by atomic mass is 9.78. The molecule has 3 rings (SSSR count). The molecule has 1 heterocycles. The Morgan fingerprint density at radius 3 is 2.80 bits per heavy atom. The van der Waals surface area contributed by atoms with Gasteiger partial charge in [0.05, 0.1) is 6.54 Å². The van der Waals surface area contributed by atoms with Gasteiger partial charge in [0, 0.05) is 12.2 Å². The third-order valence-electron chi connectivity index (χ3n) is 5.16. The Bertz CT molecular complexity index is 715. The Balaban J connectivity index is 1.60. The van der Waals surface area contributed by atoms with Gasteiger partial charge in [-0.05, 0) is 36.0 Å². The van der Waals surface area contributed by atoms with Gasteiger partial charge in [-0.3, -0.25) is 4.68 Å². The molecular weight excluding hydrogens is 352 g/mol. The molecule has 1 saturated carbocycles. The van der Waals surface area contributed by atoms with Crippen LogP contribution in [0.4, 0.5) is 5.82 Å². The lowest BCUT2D eigenvalue weighted by Gasteiger charge is -2.35. The van der Waals surface area contributed by atoms with E-state index in [4.69, 9.17) is 23.8 Å². The highest BCUT2D eigenvalue weighted by molar-refractivity contribution is 7.80. The number of rotatable bonds is 4. The van der Waals surface area contributed by atoms with Crippen LogP contribution in [-0.2, 0) is 6.54 Å². The normalized spacial score (nSPS) is 23.2. The summed E-state index contributed by atoms with van der Waals surface area (Å²) in [5.41, 5.74) is 1.18. The molecule has 0 saturated heterocycles. The van der Waals surface area contributed by atoms with Gasteiger partial charge in [0.2, 0.25) is 0 Å². The molecule has 0 unspecified atom stereocenters. The molecule has 1 aromatic heterocycles. The Morgan fingerprint density at radius 2 is 2.04 bits per heavy atom. The summed E-state index contributed by atoms with van der Waals surface area (Å²) in [6.45, 7) is 5.29. The third kappa shape index (κ3) is 4.73. The molecule has 0 amide bonds.